The molecule has 2 rings (SSSR count). The van der Waals surface area contributed by atoms with E-state index in [9.17, 15) is 0 Å². The molecule has 0 unspecified atom stereocenters. The van der Waals surface area contributed by atoms with Gasteiger partial charge in [-0.1, -0.05) is 39.8 Å². The first-order valence-corrected chi connectivity index (χ1v) is 6.39. The van der Waals surface area contributed by atoms with Crippen LogP contribution < -0.4 is 0 Å². The zero-order valence-corrected chi connectivity index (χ0v) is 11.0. The highest BCUT2D eigenvalue weighted by molar-refractivity contribution is 5.44. The van der Waals surface area contributed by atoms with E-state index in [2.05, 4.69) is 24.3 Å². The van der Waals surface area contributed by atoms with Crippen LogP contribution in [0.2, 0.25) is 0 Å². The molecule has 0 fully saturated rings. The first-order valence-electron chi connectivity index (χ1n) is 6.39. The lowest BCUT2D eigenvalue weighted by molar-refractivity contribution is 0.904. The third kappa shape index (κ3) is 4.06. The predicted octanol–water partition coefficient (Wildman–Crippen LogP) is 4.93. The van der Waals surface area contributed by atoms with Crippen LogP contribution in [-0.2, 0) is 0 Å². The number of nitrogens with zero attached hydrogens (tertiary/aromatic N) is 1. The van der Waals surface area contributed by atoms with Crippen LogP contribution in [0.15, 0.2) is 34.9 Å². The number of allylic oxidation sites excluding steroid dienone is 6. The maximum atomic E-state index is 8.76. The molecule has 0 aromatic rings. The van der Waals surface area contributed by atoms with Crippen LogP contribution >= 0.6 is 0 Å². The monoisotopic (exact) mass is 217 g/mol. The minimum Gasteiger partial charge on any atom is -0.193 e. The zero-order chi connectivity index (χ0) is 12.4. The Morgan fingerprint density at radius 1 is 1.06 bits per heavy atom. The van der Waals surface area contributed by atoms with Crippen molar-refractivity contribution in [1.82, 2.24) is 0 Å². The quantitative estimate of drug-likeness (QED) is 0.564. The van der Waals surface area contributed by atoms with Crippen LogP contribution in [0.5, 0.6) is 0 Å². The molecule has 0 heterocycles. The summed E-state index contributed by atoms with van der Waals surface area (Å²) in [5, 5.41) is 8.76. The van der Waals surface area contributed by atoms with Crippen molar-refractivity contribution in [3.05, 3.63) is 34.9 Å². The molecule has 0 atom stereocenters. The summed E-state index contributed by atoms with van der Waals surface area (Å²) in [6.45, 7) is 8.00. The van der Waals surface area contributed by atoms with Gasteiger partial charge in [-0.15, -0.1) is 0 Å². The van der Waals surface area contributed by atoms with E-state index in [-0.39, 0.29) is 0 Å². The van der Waals surface area contributed by atoms with Crippen molar-refractivity contribution in [2.24, 2.45) is 0 Å². The molecule has 0 saturated heterocycles. The third-order valence-corrected chi connectivity index (χ3v) is 2.45. The molecule has 0 N–H and O–H groups in total. The average molecular weight is 217 g/mol. The Morgan fingerprint density at radius 3 is 2.31 bits per heavy atom. The summed E-state index contributed by atoms with van der Waals surface area (Å²) in [6, 6.07) is 2.23. The van der Waals surface area contributed by atoms with Crippen molar-refractivity contribution in [1.29, 1.82) is 5.26 Å². The molecule has 0 spiro atoms. The van der Waals surface area contributed by atoms with E-state index in [1.165, 1.54) is 24.0 Å². The SMILES string of the molecule is CC.CC.N#CC1=CC2=C(C=CC1)CCC2. The van der Waals surface area contributed by atoms with Gasteiger partial charge in [-0.2, -0.15) is 5.26 Å². The summed E-state index contributed by atoms with van der Waals surface area (Å²) < 4.78 is 0. The average Bonchev–Trinajstić information content (AvgIpc) is 2.72. The van der Waals surface area contributed by atoms with E-state index in [1.807, 2.05) is 27.7 Å². The van der Waals surface area contributed by atoms with Crippen molar-refractivity contribution < 1.29 is 0 Å². The lowest BCUT2D eigenvalue weighted by atomic mass is 10.1. The molecular weight excluding hydrogens is 194 g/mol. The summed E-state index contributed by atoms with van der Waals surface area (Å²) in [5.41, 5.74) is 3.73. The Balaban J connectivity index is 0.000000509. The Hall–Kier alpha value is -1.29. The molecule has 0 aromatic carbocycles. The molecule has 0 aromatic heterocycles. The fraction of sp³-hybridized carbons (Fsp3) is 0.533. The number of hydrogen-bond acceptors (Lipinski definition) is 1. The summed E-state index contributed by atoms with van der Waals surface area (Å²) >= 11 is 0. The maximum Gasteiger partial charge on any atom is 0.0950 e. The van der Waals surface area contributed by atoms with Gasteiger partial charge in [0.15, 0.2) is 0 Å². The van der Waals surface area contributed by atoms with Crippen LogP contribution in [-0.4, -0.2) is 0 Å². The summed E-state index contributed by atoms with van der Waals surface area (Å²) in [6.07, 6.45) is 10.8. The van der Waals surface area contributed by atoms with Gasteiger partial charge < -0.3 is 0 Å². The van der Waals surface area contributed by atoms with E-state index in [0.717, 1.165) is 18.4 Å². The van der Waals surface area contributed by atoms with Crippen molar-refractivity contribution in [3.8, 4) is 6.07 Å². The molecule has 0 saturated carbocycles. The smallest absolute Gasteiger partial charge is 0.0950 e. The highest BCUT2D eigenvalue weighted by atomic mass is 14.3. The summed E-state index contributed by atoms with van der Waals surface area (Å²) in [5.74, 6) is 0. The minimum atomic E-state index is 0.809. The molecule has 2 aliphatic rings. The van der Waals surface area contributed by atoms with Gasteiger partial charge in [0, 0.05) is 12.0 Å². The number of rotatable bonds is 0. The predicted molar refractivity (Wildman–Crippen MR) is 71.0 cm³/mol. The maximum absolute atomic E-state index is 8.76. The molecule has 0 aliphatic heterocycles. The van der Waals surface area contributed by atoms with Crippen molar-refractivity contribution in [2.75, 3.05) is 0 Å². The van der Waals surface area contributed by atoms with E-state index in [1.54, 1.807) is 0 Å². The van der Waals surface area contributed by atoms with Gasteiger partial charge in [-0.3, -0.25) is 0 Å². The van der Waals surface area contributed by atoms with Gasteiger partial charge in [0.05, 0.1) is 6.07 Å². The number of nitriles is 1. The second-order valence-electron chi connectivity index (χ2n) is 3.29. The molecular formula is C15H23N. The van der Waals surface area contributed by atoms with Gasteiger partial charge in [-0.25, -0.2) is 0 Å². The highest BCUT2D eigenvalue weighted by Gasteiger charge is 2.12. The van der Waals surface area contributed by atoms with Gasteiger partial charge in [0.2, 0.25) is 0 Å². The van der Waals surface area contributed by atoms with Gasteiger partial charge >= 0.3 is 0 Å². The van der Waals surface area contributed by atoms with Crippen molar-refractivity contribution in [2.45, 2.75) is 53.4 Å². The lowest BCUT2D eigenvalue weighted by Gasteiger charge is -1.93. The van der Waals surface area contributed by atoms with Crippen LogP contribution in [0.3, 0.4) is 0 Å². The van der Waals surface area contributed by atoms with Crippen LogP contribution in [0.25, 0.3) is 0 Å². The Labute approximate surface area is 100 Å². The molecule has 2 aliphatic carbocycles. The molecule has 16 heavy (non-hydrogen) atoms. The van der Waals surface area contributed by atoms with Gasteiger partial charge in [0.1, 0.15) is 0 Å². The Bertz CT molecular complexity index is 324. The summed E-state index contributed by atoms with van der Waals surface area (Å²) in [7, 11) is 0. The molecule has 0 amide bonds. The van der Waals surface area contributed by atoms with Gasteiger partial charge in [0.25, 0.3) is 0 Å². The van der Waals surface area contributed by atoms with E-state index in [0.29, 0.717) is 0 Å². The number of hydrogen-bond donors (Lipinski definition) is 0. The Kier molecular flexibility index (Phi) is 8.25. The largest absolute Gasteiger partial charge is 0.193 e. The minimum absolute atomic E-state index is 0.809. The molecule has 88 valence electrons. The van der Waals surface area contributed by atoms with Crippen molar-refractivity contribution in [3.63, 3.8) is 0 Å². The molecule has 1 nitrogen and oxygen atoms in total. The lowest BCUT2D eigenvalue weighted by Crippen LogP contribution is -1.77. The second-order valence-corrected chi connectivity index (χ2v) is 3.29. The normalized spacial score (nSPS) is 16.8. The highest BCUT2D eigenvalue weighted by Crippen LogP contribution is 2.30. The fourth-order valence-corrected chi connectivity index (χ4v) is 1.82. The van der Waals surface area contributed by atoms with Crippen LogP contribution in [0, 0.1) is 11.3 Å². The van der Waals surface area contributed by atoms with E-state index in [4.69, 9.17) is 5.26 Å². The zero-order valence-electron chi connectivity index (χ0n) is 11.0. The summed E-state index contributed by atoms with van der Waals surface area (Å²) in [4.78, 5) is 0. The standard InChI is InChI=1S/C11H11N.2C2H6/c12-8-9-3-1-4-10-5-2-6-11(10)7-9;2*1-2/h1,4,7H,2-3,5-6H2;2*1-2H3. The third-order valence-electron chi connectivity index (χ3n) is 2.45. The topological polar surface area (TPSA) is 23.8 Å². The first kappa shape index (κ1) is 14.7. The molecule has 0 bridgehead atoms. The van der Waals surface area contributed by atoms with Crippen molar-refractivity contribution >= 4 is 0 Å². The van der Waals surface area contributed by atoms with Crippen LogP contribution in [0.1, 0.15) is 53.4 Å². The fourth-order valence-electron chi connectivity index (χ4n) is 1.82. The first-order chi connectivity index (χ1) is 7.90. The Morgan fingerprint density at radius 2 is 1.69 bits per heavy atom. The van der Waals surface area contributed by atoms with E-state index < -0.39 is 0 Å². The van der Waals surface area contributed by atoms with Crippen LogP contribution in [0.4, 0.5) is 0 Å². The molecule has 0 radical (unpaired) electrons. The molecule has 1 heteroatoms. The second kappa shape index (κ2) is 8.97. The van der Waals surface area contributed by atoms with Gasteiger partial charge in [-0.05, 0) is 36.5 Å². The van der Waals surface area contributed by atoms with E-state index >= 15 is 0 Å².